The van der Waals surface area contributed by atoms with Crippen molar-refractivity contribution in [1.82, 2.24) is 9.80 Å². The van der Waals surface area contributed by atoms with E-state index < -0.39 is 0 Å². The fourth-order valence-corrected chi connectivity index (χ4v) is 4.51. The van der Waals surface area contributed by atoms with Crippen LogP contribution >= 0.6 is 0 Å². The zero-order chi connectivity index (χ0) is 25.8. The Morgan fingerprint density at radius 3 is 2.43 bits per heavy atom. The molecule has 0 saturated heterocycles. The molecule has 4 aromatic rings. The summed E-state index contributed by atoms with van der Waals surface area (Å²) in [5.41, 5.74) is 1.47. The molecule has 2 heterocycles. The second-order valence-corrected chi connectivity index (χ2v) is 9.66. The maximum atomic E-state index is 13.7. The molecular weight excluding hydrogens is 468 g/mol. The summed E-state index contributed by atoms with van der Waals surface area (Å²) in [6.45, 7) is 5.34. The highest BCUT2D eigenvalue weighted by Gasteiger charge is 2.25. The topological polar surface area (TPSA) is 72.2 Å². The van der Waals surface area contributed by atoms with E-state index in [4.69, 9.17) is 13.9 Å². The number of rotatable bonds is 9. The fourth-order valence-electron chi connectivity index (χ4n) is 4.51. The first-order valence-electron chi connectivity index (χ1n) is 12.4. The van der Waals surface area contributed by atoms with E-state index in [1.807, 2.05) is 80.6 Å². The molecule has 5 rings (SSSR count). The molecule has 0 radical (unpaired) electrons. The number of fused-ring (bicyclic) bond motifs is 2. The third-order valence-corrected chi connectivity index (χ3v) is 6.29. The van der Waals surface area contributed by atoms with Gasteiger partial charge in [0.25, 0.3) is 5.91 Å². The highest BCUT2D eigenvalue weighted by atomic mass is 16.7. The lowest BCUT2D eigenvalue weighted by atomic mass is 10.1. The van der Waals surface area contributed by atoms with Gasteiger partial charge in [0.15, 0.2) is 11.5 Å². The van der Waals surface area contributed by atoms with E-state index in [9.17, 15) is 9.59 Å². The molecule has 0 N–H and O–H groups in total. The quantitative estimate of drug-likeness (QED) is 0.305. The zero-order valence-electron chi connectivity index (χ0n) is 21.1. The SMILES string of the molecule is CC(C)CN(CC(=O)N(Cc1ccc2c(c1)OCO2)Cc1ccco1)C(=O)c1ccc2ccccc2c1. The minimum absolute atomic E-state index is 0.0326. The molecule has 1 aliphatic rings. The lowest BCUT2D eigenvalue weighted by Gasteiger charge is -2.28. The molecule has 0 bridgehead atoms. The largest absolute Gasteiger partial charge is 0.467 e. The fraction of sp³-hybridized carbons (Fsp3) is 0.267. The standard InChI is InChI=1S/C30H30N2O5/c1-21(2)16-32(30(34)25-11-10-23-6-3-4-7-24(23)15-25)19-29(33)31(18-26-8-5-13-35-26)17-22-9-12-27-28(14-22)37-20-36-27/h3-15,21H,16-20H2,1-2H3. The maximum absolute atomic E-state index is 13.7. The summed E-state index contributed by atoms with van der Waals surface area (Å²) in [4.78, 5) is 30.6. The van der Waals surface area contributed by atoms with Crippen molar-refractivity contribution in [1.29, 1.82) is 0 Å². The van der Waals surface area contributed by atoms with Crippen LogP contribution in [0.4, 0.5) is 0 Å². The minimum Gasteiger partial charge on any atom is -0.467 e. The first-order valence-corrected chi connectivity index (χ1v) is 12.4. The van der Waals surface area contributed by atoms with Crippen LogP contribution in [0.5, 0.6) is 11.5 Å². The van der Waals surface area contributed by atoms with Gasteiger partial charge in [-0.2, -0.15) is 0 Å². The van der Waals surface area contributed by atoms with Crippen molar-refractivity contribution in [3.05, 3.63) is 95.9 Å². The first-order chi connectivity index (χ1) is 18.0. The average Bonchev–Trinajstić information content (AvgIpc) is 3.58. The summed E-state index contributed by atoms with van der Waals surface area (Å²) < 4.78 is 16.5. The number of benzene rings is 3. The molecule has 3 aromatic carbocycles. The summed E-state index contributed by atoms with van der Waals surface area (Å²) in [6.07, 6.45) is 1.59. The molecule has 2 amide bonds. The number of ether oxygens (including phenoxy) is 2. The van der Waals surface area contributed by atoms with Crippen molar-refractivity contribution in [3.63, 3.8) is 0 Å². The second kappa shape index (κ2) is 10.8. The molecule has 0 spiro atoms. The van der Waals surface area contributed by atoms with Crippen molar-refractivity contribution >= 4 is 22.6 Å². The van der Waals surface area contributed by atoms with Crippen LogP contribution in [0.15, 0.2) is 83.5 Å². The number of hydrogen-bond acceptors (Lipinski definition) is 5. The number of amides is 2. The van der Waals surface area contributed by atoms with Crippen molar-refractivity contribution in [2.45, 2.75) is 26.9 Å². The van der Waals surface area contributed by atoms with Crippen LogP contribution in [-0.4, -0.2) is 41.5 Å². The normalized spacial score (nSPS) is 12.2. The molecule has 7 heteroatoms. The number of carbonyl (C=O) groups excluding carboxylic acids is 2. The Balaban J connectivity index is 1.38. The van der Waals surface area contributed by atoms with E-state index >= 15 is 0 Å². The van der Waals surface area contributed by atoms with Crippen molar-refractivity contribution < 1.29 is 23.5 Å². The van der Waals surface area contributed by atoms with Gasteiger partial charge in [-0.3, -0.25) is 9.59 Å². The van der Waals surface area contributed by atoms with Gasteiger partial charge in [-0.05, 0) is 58.7 Å². The highest BCUT2D eigenvalue weighted by molar-refractivity contribution is 6.00. The number of carbonyl (C=O) groups is 2. The van der Waals surface area contributed by atoms with E-state index in [0.29, 0.717) is 42.5 Å². The van der Waals surface area contributed by atoms with Crippen LogP contribution in [0.3, 0.4) is 0 Å². The Bertz CT molecular complexity index is 1400. The van der Waals surface area contributed by atoms with Crippen LogP contribution in [-0.2, 0) is 17.9 Å². The summed E-state index contributed by atoms with van der Waals surface area (Å²) in [5.74, 6) is 1.90. The molecule has 1 aliphatic heterocycles. The highest BCUT2D eigenvalue weighted by Crippen LogP contribution is 2.33. The van der Waals surface area contributed by atoms with Crippen LogP contribution in [0.25, 0.3) is 10.8 Å². The predicted octanol–water partition coefficient (Wildman–Crippen LogP) is 5.49. The Hall–Kier alpha value is -4.26. The monoisotopic (exact) mass is 498 g/mol. The van der Waals surface area contributed by atoms with Gasteiger partial charge in [-0.1, -0.05) is 50.2 Å². The molecule has 190 valence electrons. The molecule has 0 unspecified atom stereocenters. The van der Waals surface area contributed by atoms with Crippen LogP contribution in [0.1, 0.15) is 35.5 Å². The Kier molecular flexibility index (Phi) is 7.12. The van der Waals surface area contributed by atoms with Gasteiger partial charge in [0.1, 0.15) is 12.3 Å². The molecule has 7 nitrogen and oxygen atoms in total. The molecule has 0 saturated carbocycles. The summed E-state index contributed by atoms with van der Waals surface area (Å²) in [5, 5.41) is 2.06. The van der Waals surface area contributed by atoms with Crippen molar-refractivity contribution in [2.24, 2.45) is 5.92 Å². The molecule has 0 fully saturated rings. The number of furan rings is 1. The third kappa shape index (κ3) is 5.77. The first kappa shape index (κ1) is 24.4. The summed E-state index contributed by atoms with van der Waals surface area (Å²) >= 11 is 0. The van der Waals surface area contributed by atoms with Crippen LogP contribution in [0, 0.1) is 5.92 Å². The maximum Gasteiger partial charge on any atom is 0.254 e. The van der Waals surface area contributed by atoms with E-state index in [0.717, 1.165) is 16.3 Å². The average molecular weight is 499 g/mol. The number of nitrogens with zero attached hydrogens (tertiary/aromatic N) is 2. The van der Waals surface area contributed by atoms with Gasteiger partial charge in [-0.15, -0.1) is 0 Å². The summed E-state index contributed by atoms with van der Waals surface area (Å²) in [7, 11) is 0. The van der Waals surface area contributed by atoms with E-state index in [1.165, 1.54) is 0 Å². The zero-order valence-corrected chi connectivity index (χ0v) is 21.1. The van der Waals surface area contributed by atoms with Gasteiger partial charge < -0.3 is 23.7 Å². The van der Waals surface area contributed by atoms with Gasteiger partial charge in [0, 0.05) is 18.7 Å². The minimum atomic E-state index is -0.163. The molecule has 0 atom stereocenters. The van der Waals surface area contributed by atoms with E-state index in [-0.39, 0.29) is 31.1 Å². The third-order valence-electron chi connectivity index (χ3n) is 6.29. The second-order valence-electron chi connectivity index (χ2n) is 9.66. The van der Waals surface area contributed by atoms with Crippen molar-refractivity contribution in [3.8, 4) is 11.5 Å². The number of hydrogen-bond donors (Lipinski definition) is 0. The van der Waals surface area contributed by atoms with Gasteiger partial charge in [0.05, 0.1) is 12.8 Å². The van der Waals surface area contributed by atoms with Gasteiger partial charge >= 0.3 is 0 Å². The smallest absolute Gasteiger partial charge is 0.254 e. The molecule has 37 heavy (non-hydrogen) atoms. The van der Waals surface area contributed by atoms with E-state index in [2.05, 4.69) is 0 Å². The van der Waals surface area contributed by atoms with Gasteiger partial charge in [0.2, 0.25) is 12.7 Å². The molecule has 0 aliphatic carbocycles. The van der Waals surface area contributed by atoms with Crippen LogP contribution < -0.4 is 9.47 Å². The van der Waals surface area contributed by atoms with Gasteiger partial charge in [-0.25, -0.2) is 0 Å². The lowest BCUT2D eigenvalue weighted by molar-refractivity contribution is -0.133. The Labute approximate surface area is 216 Å². The molecule has 1 aromatic heterocycles. The Morgan fingerprint density at radius 2 is 1.65 bits per heavy atom. The summed E-state index contributed by atoms with van der Waals surface area (Å²) in [6, 6.07) is 22.9. The van der Waals surface area contributed by atoms with Crippen molar-refractivity contribution in [2.75, 3.05) is 19.9 Å². The van der Waals surface area contributed by atoms with E-state index in [1.54, 1.807) is 22.1 Å². The Morgan fingerprint density at radius 1 is 0.838 bits per heavy atom. The molecular formula is C30H30N2O5. The predicted molar refractivity (Wildman–Crippen MR) is 140 cm³/mol. The van der Waals surface area contributed by atoms with Crippen LogP contribution in [0.2, 0.25) is 0 Å². The lowest BCUT2D eigenvalue weighted by Crippen LogP contribution is -2.43.